The Kier molecular flexibility index (Phi) is 5.50. The highest BCUT2D eigenvalue weighted by Crippen LogP contribution is 2.28. The van der Waals surface area contributed by atoms with Crippen LogP contribution in [-0.4, -0.2) is 28.7 Å². The zero-order valence-corrected chi connectivity index (χ0v) is 17.0. The number of para-hydroxylation sites is 2. The minimum Gasteiger partial charge on any atom is -0.423 e. The average molecular weight is 433 g/mol. The molecule has 0 bridgehead atoms. The van der Waals surface area contributed by atoms with Gasteiger partial charge in [0.25, 0.3) is 17.1 Å². The van der Waals surface area contributed by atoms with E-state index in [1.54, 1.807) is 49.4 Å². The molecule has 1 saturated heterocycles. The Morgan fingerprint density at radius 2 is 1.77 bits per heavy atom. The van der Waals surface area contributed by atoms with E-state index in [0.717, 1.165) is 6.08 Å². The fourth-order valence-electron chi connectivity index (χ4n) is 2.94. The van der Waals surface area contributed by atoms with Gasteiger partial charge in [0.15, 0.2) is 0 Å². The molecule has 2 heterocycles. The smallest absolute Gasteiger partial charge is 0.337 e. The van der Waals surface area contributed by atoms with E-state index < -0.39 is 17.1 Å². The zero-order chi connectivity index (χ0) is 22.0. The van der Waals surface area contributed by atoms with Gasteiger partial charge in [-0.25, -0.2) is 4.79 Å². The zero-order valence-electron chi connectivity index (χ0n) is 16.2. The van der Waals surface area contributed by atoms with Crippen molar-refractivity contribution in [2.45, 2.75) is 6.92 Å². The van der Waals surface area contributed by atoms with Gasteiger partial charge in [-0.3, -0.25) is 19.7 Å². The van der Waals surface area contributed by atoms with Crippen LogP contribution < -0.4 is 15.1 Å². The van der Waals surface area contributed by atoms with Crippen molar-refractivity contribution in [2.75, 3.05) is 5.01 Å². The molecular weight excluding hydrogens is 418 g/mol. The summed E-state index contributed by atoms with van der Waals surface area (Å²) in [5.74, 6) is -1.56. The van der Waals surface area contributed by atoms with Crippen molar-refractivity contribution < 1.29 is 23.9 Å². The summed E-state index contributed by atoms with van der Waals surface area (Å²) >= 11 is 0.624. The number of hydrogen-bond acceptors (Lipinski definition) is 7. The molecule has 4 rings (SSSR count). The van der Waals surface area contributed by atoms with Crippen molar-refractivity contribution in [3.63, 3.8) is 0 Å². The van der Waals surface area contributed by atoms with Gasteiger partial charge in [-0.15, -0.1) is 0 Å². The average Bonchev–Trinajstić information content (AvgIpc) is 3.21. The topological polar surface area (TPSA) is 105 Å². The molecule has 0 aliphatic carbocycles. The van der Waals surface area contributed by atoms with Crippen LogP contribution in [0.15, 0.2) is 76.3 Å². The van der Waals surface area contributed by atoms with E-state index in [1.165, 1.54) is 5.01 Å². The molecule has 31 heavy (non-hydrogen) atoms. The van der Waals surface area contributed by atoms with E-state index >= 15 is 0 Å². The number of amides is 3. The van der Waals surface area contributed by atoms with E-state index in [-0.39, 0.29) is 16.6 Å². The van der Waals surface area contributed by atoms with E-state index in [0.29, 0.717) is 34.3 Å². The molecule has 0 radical (unpaired) electrons. The van der Waals surface area contributed by atoms with Crippen LogP contribution in [0.3, 0.4) is 0 Å². The number of hydrogen-bond donors (Lipinski definition) is 1. The molecule has 1 fully saturated rings. The number of thioether (sulfide) groups is 1. The summed E-state index contributed by atoms with van der Waals surface area (Å²) in [5.41, 5.74) is 2.02. The Balaban J connectivity index is 1.58. The first kappa shape index (κ1) is 20.3. The Bertz CT molecular complexity index is 1200. The number of imide groups is 1. The van der Waals surface area contributed by atoms with Crippen molar-refractivity contribution in [3.8, 4) is 5.75 Å². The lowest BCUT2D eigenvalue weighted by Crippen LogP contribution is -2.21. The predicted octanol–water partition coefficient (Wildman–Crippen LogP) is 3.27. The predicted molar refractivity (Wildman–Crippen MR) is 116 cm³/mol. The number of hydrazone groups is 1. The van der Waals surface area contributed by atoms with E-state index in [1.807, 2.05) is 18.2 Å². The molecule has 2 aromatic carbocycles. The number of ether oxygens (including phenoxy) is 1. The van der Waals surface area contributed by atoms with Crippen molar-refractivity contribution in [2.24, 2.45) is 5.10 Å². The van der Waals surface area contributed by atoms with Crippen LogP contribution in [0.2, 0.25) is 0 Å². The minimum absolute atomic E-state index is 0.0433. The second kappa shape index (κ2) is 8.41. The lowest BCUT2D eigenvalue weighted by atomic mass is 10.1. The molecule has 0 saturated carbocycles. The van der Waals surface area contributed by atoms with Crippen molar-refractivity contribution in [3.05, 3.63) is 76.7 Å². The highest BCUT2D eigenvalue weighted by molar-refractivity contribution is 8.18. The van der Waals surface area contributed by atoms with Crippen LogP contribution in [-0.2, 0) is 14.4 Å². The summed E-state index contributed by atoms with van der Waals surface area (Å²) in [6.07, 6.45) is 2.56. The Morgan fingerprint density at radius 3 is 2.48 bits per heavy atom. The summed E-state index contributed by atoms with van der Waals surface area (Å²) < 4.78 is 5.35. The number of esters is 1. The van der Waals surface area contributed by atoms with E-state index in [2.05, 4.69) is 10.4 Å². The highest BCUT2D eigenvalue weighted by atomic mass is 32.2. The molecule has 2 aromatic rings. The number of rotatable bonds is 4. The molecule has 3 amide bonds. The van der Waals surface area contributed by atoms with Crippen LogP contribution in [0.25, 0.3) is 6.08 Å². The molecule has 0 unspecified atom stereocenters. The molecule has 0 spiro atoms. The third-order valence-electron chi connectivity index (χ3n) is 4.38. The number of carbonyl (C=O) groups excluding carboxylic acids is 4. The summed E-state index contributed by atoms with van der Waals surface area (Å²) in [7, 11) is 0. The van der Waals surface area contributed by atoms with Gasteiger partial charge in [0.05, 0.1) is 21.9 Å². The van der Waals surface area contributed by atoms with Crippen LogP contribution in [0.1, 0.15) is 12.5 Å². The number of carbonyl (C=O) groups is 4. The van der Waals surface area contributed by atoms with Gasteiger partial charge in [0.2, 0.25) is 0 Å². The summed E-state index contributed by atoms with van der Waals surface area (Å²) in [5, 5.41) is 7.16. The summed E-state index contributed by atoms with van der Waals surface area (Å²) in [6, 6.07) is 15.7. The van der Waals surface area contributed by atoms with E-state index in [9.17, 15) is 19.2 Å². The van der Waals surface area contributed by atoms with Gasteiger partial charge in [0.1, 0.15) is 5.75 Å². The maximum atomic E-state index is 12.9. The molecule has 0 aromatic heterocycles. The SMILES string of the molecule is CC1=NN(c2ccccc2)C(=O)C1=Cc1ccccc1OC(=O)C=C1SC(=O)NC1=O. The molecule has 154 valence electrons. The Labute approximate surface area is 181 Å². The molecule has 2 aliphatic heterocycles. The number of benzene rings is 2. The molecule has 9 heteroatoms. The summed E-state index contributed by atoms with van der Waals surface area (Å²) in [4.78, 5) is 47.9. The van der Waals surface area contributed by atoms with Gasteiger partial charge in [-0.1, -0.05) is 36.4 Å². The minimum atomic E-state index is -0.813. The lowest BCUT2D eigenvalue weighted by molar-refractivity contribution is -0.129. The Hall–Kier alpha value is -3.98. The molecular formula is C22H15N3O5S. The van der Waals surface area contributed by atoms with Crippen molar-refractivity contribution in [1.29, 1.82) is 0 Å². The van der Waals surface area contributed by atoms with Crippen LogP contribution in [0.4, 0.5) is 10.5 Å². The molecule has 8 nitrogen and oxygen atoms in total. The maximum absolute atomic E-state index is 12.9. The van der Waals surface area contributed by atoms with Crippen LogP contribution >= 0.6 is 11.8 Å². The first-order valence-corrected chi connectivity index (χ1v) is 9.96. The third kappa shape index (κ3) is 4.31. The largest absolute Gasteiger partial charge is 0.423 e. The van der Waals surface area contributed by atoms with Gasteiger partial charge in [-0.2, -0.15) is 10.1 Å². The molecule has 0 atom stereocenters. The van der Waals surface area contributed by atoms with Gasteiger partial charge in [0, 0.05) is 11.6 Å². The summed E-state index contributed by atoms with van der Waals surface area (Å²) in [6.45, 7) is 1.72. The number of nitrogens with zero attached hydrogens (tertiary/aromatic N) is 2. The quantitative estimate of drug-likeness (QED) is 0.451. The first-order chi connectivity index (χ1) is 14.9. The molecule has 2 aliphatic rings. The number of nitrogens with one attached hydrogen (secondary N) is 1. The van der Waals surface area contributed by atoms with E-state index in [4.69, 9.17) is 4.74 Å². The fourth-order valence-corrected chi connectivity index (χ4v) is 3.58. The van der Waals surface area contributed by atoms with Crippen LogP contribution in [0.5, 0.6) is 5.75 Å². The standard InChI is InChI=1S/C22H15N3O5S/c1-13-16(21(28)25(24-13)15-8-3-2-4-9-15)11-14-7-5-6-10-17(14)30-19(26)12-18-20(27)23-22(29)31-18/h2-12H,1H3,(H,23,27,29). The third-order valence-corrected chi connectivity index (χ3v) is 5.19. The van der Waals surface area contributed by atoms with Gasteiger partial charge < -0.3 is 4.74 Å². The molecule has 1 N–H and O–H groups in total. The monoisotopic (exact) mass is 433 g/mol. The normalized spacial score (nSPS) is 18.5. The second-order valence-corrected chi connectivity index (χ2v) is 7.52. The Morgan fingerprint density at radius 1 is 1.06 bits per heavy atom. The van der Waals surface area contributed by atoms with Crippen molar-refractivity contribution >= 4 is 52.3 Å². The highest BCUT2D eigenvalue weighted by Gasteiger charge is 2.29. The van der Waals surface area contributed by atoms with Crippen LogP contribution in [0, 0.1) is 0 Å². The first-order valence-electron chi connectivity index (χ1n) is 9.15. The van der Waals surface area contributed by atoms with Gasteiger partial charge >= 0.3 is 5.97 Å². The van der Waals surface area contributed by atoms with Crippen molar-refractivity contribution in [1.82, 2.24) is 5.32 Å². The lowest BCUT2D eigenvalue weighted by Gasteiger charge is -2.11. The van der Waals surface area contributed by atoms with Gasteiger partial charge in [-0.05, 0) is 43.0 Å². The number of anilines is 1. The fraction of sp³-hybridized carbons (Fsp3) is 0.0455. The second-order valence-electron chi connectivity index (χ2n) is 6.51. The maximum Gasteiger partial charge on any atom is 0.337 e.